The van der Waals surface area contributed by atoms with Gasteiger partial charge >= 0.3 is 0 Å². The van der Waals surface area contributed by atoms with E-state index in [9.17, 15) is 0 Å². The smallest absolute Gasteiger partial charge is 0.132 e. The van der Waals surface area contributed by atoms with Gasteiger partial charge in [0, 0.05) is 31.4 Å². The third kappa shape index (κ3) is 2.58. The summed E-state index contributed by atoms with van der Waals surface area (Å²) in [5.74, 6) is 1.69. The van der Waals surface area contributed by atoms with E-state index in [1.54, 1.807) is 6.20 Å². The first-order chi connectivity index (χ1) is 8.20. The number of aromatic nitrogens is 3. The third-order valence-electron chi connectivity index (χ3n) is 2.69. The number of pyridine rings is 1. The molecule has 2 aromatic rings. The first kappa shape index (κ1) is 11.5. The summed E-state index contributed by atoms with van der Waals surface area (Å²) in [5, 5.41) is 3.10. The Labute approximate surface area is 101 Å². The number of hydrogen-bond acceptors (Lipinski definition) is 4. The van der Waals surface area contributed by atoms with E-state index in [0.717, 1.165) is 34.9 Å². The fraction of sp³-hybridized carbons (Fsp3) is 0.308. The quantitative estimate of drug-likeness (QED) is 0.874. The maximum atomic E-state index is 4.50. The maximum Gasteiger partial charge on any atom is 0.132 e. The predicted molar refractivity (Wildman–Crippen MR) is 68.1 cm³/mol. The van der Waals surface area contributed by atoms with Gasteiger partial charge in [0.1, 0.15) is 11.6 Å². The van der Waals surface area contributed by atoms with Crippen LogP contribution >= 0.6 is 0 Å². The van der Waals surface area contributed by atoms with Crippen LogP contribution in [0.2, 0.25) is 0 Å². The molecule has 4 nitrogen and oxygen atoms in total. The molecule has 0 saturated carbocycles. The van der Waals surface area contributed by atoms with Crippen molar-refractivity contribution in [2.75, 3.05) is 12.4 Å². The van der Waals surface area contributed by atoms with E-state index in [1.165, 1.54) is 0 Å². The summed E-state index contributed by atoms with van der Waals surface area (Å²) in [7, 11) is 1.88. The van der Waals surface area contributed by atoms with E-state index in [-0.39, 0.29) is 0 Å². The Hall–Kier alpha value is -1.97. The van der Waals surface area contributed by atoms with E-state index in [2.05, 4.69) is 26.3 Å². The van der Waals surface area contributed by atoms with Gasteiger partial charge in [-0.3, -0.25) is 4.98 Å². The molecule has 0 unspecified atom stereocenters. The van der Waals surface area contributed by atoms with Crippen LogP contribution in [0.25, 0.3) is 0 Å². The predicted octanol–water partition coefficient (Wildman–Crippen LogP) is 2.12. The second-order valence-corrected chi connectivity index (χ2v) is 3.98. The number of rotatable bonds is 3. The molecule has 17 heavy (non-hydrogen) atoms. The van der Waals surface area contributed by atoms with Gasteiger partial charge in [0.15, 0.2) is 0 Å². The van der Waals surface area contributed by atoms with E-state index in [4.69, 9.17) is 0 Å². The molecule has 4 heteroatoms. The first-order valence-electron chi connectivity index (χ1n) is 5.61. The van der Waals surface area contributed by atoms with Crippen molar-refractivity contribution in [2.24, 2.45) is 0 Å². The summed E-state index contributed by atoms with van der Waals surface area (Å²) in [4.78, 5) is 13.0. The van der Waals surface area contributed by atoms with E-state index in [1.807, 2.05) is 33.2 Å². The maximum absolute atomic E-state index is 4.50. The molecule has 0 radical (unpaired) electrons. The summed E-state index contributed by atoms with van der Waals surface area (Å²) < 4.78 is 0. The number of nitrogens with zero attached hydrogens (tertiary/aromatic N) is 3. The minimum absolute atomic E-state index is 0.789. The minimum Gasteiger partial charge on any atom is -0.373 e. The number of nitrogens with one attached hydrogen (secondary N) is 1. The highest BCUT2D eigenvalue weighted by Crippen LogP contribution is 2.17. The Kier molecular flexibility index (Phi) is 3.32. The zero-order chi connectivity index (χ0) is 12.3. The van der Waals surface area contributed by atoms with Crippen LogP contribution in [0.3, 0.4) is 0 Å². The highest BCUT2D eigenvalue weighted by molar-refractivity contribution is 5.46. The monoisotopic (exact) mass is 228 g/mol. The van der Waals surface area contributed by atoms with Gasteiger partial charge in [-0.1, -0.05) is 6.07 Å². The largest absolute Gasteiger partial charge is 0.373 e. The van der Waals surface area contributed by atoms with Gasteiger partial charge in [0.05, 0.1) is 5.69 Å². The molecular formula is C13H16N4. The average molecular weight is 228 g/mol. The molecule has 2 rings (SSSR count). The molecule has 0 spiro atoms. The molecule has 0 saturated heterocycles. The Balaban J connectivity index is 2.36. The second kappa shape index (κ2) is 4.91. The van der Waals surface area contributed by atoms with Gasteiger partial charge < -0.3 is 5.32 Å². The summed E-state index contributed by atoms with van der Waals surface area (Å²) in [6.45, 7) is 3.95. The summed E-state index contributed by atoms with van der Waals surface area (Å²) in [6, 6.07) is 4.00. The Morgan fingerprint density at radius 2 is 2.06 bits per heavy atom. The topological polar surface area (TPSA) is 50.7 Å². The summed E-state index contributed by atoms with van der Waals surface area (Å²) in [5.41, 5.74) is 3.31. The Bertz CT molecular complexity index is 508. The zero-order valence-corrected chi connectivity index (χ0v) is 10.4. The van der Waals surface area contributed by atoms with Crippen molar-refractivity contribution < 1.29 is 0 Å². The van der Waals surface area contributed by atoms with Gasteiger partial charge in [-0.05, 0) is 25.5 Å². The van der Waals surface area contributed by atoms with Crippen molar-refractivity contribution in [1.82, 2.24) is 15.0 Å². The lowest BCUT2D eigenvalue weighted by Gasteiger charge is -2.10. The van der Waals surface area contributed by atoms with Crippen LogP contribution in [-0.4, -0.2) is 22.0 Å². The lowest BCUT2D eigenvalue weighted by molar-refractivity contribution is 0.942. The van der Waals surface area contributed by atoms with E-state index >= 15 is 0 Å². The van der Waals surface area contributed by atoms with Gasteiger partial charge in [0.2, 0.25) is 0 Å². The van der Waals surface area contributed by atoms with Crippen molar-refractivity contribution >= 4 is 5.82 Å². The second-order valence-electron chi connectivity index (χ2n) is 3.98. The lowest BCUT2D eigenvalue weighted by atomic mass is 10.1. The van der Waals surface area contributed by atoms with Crippen molar-refractivity contribution in [2.45, 2.75) is 20.3 Å². The lowest BCUT2D eigenvalue weighted by Crippen LogP contribution is -2.06. The van der Waals surface area contributed by atoms with E-state index < -0.39 is 0 Å². The van der Waals surface area contributed by atoms with Gasteiger partial charge in [-0.2, -0.15) is 0 Å². The normalized spacial score (nSPS) is 10.3. The van der Waals surface area contributed by atoms with E-state index in [0.29, 0.717) is 0 Å². The summed E-state index contributed by atoms with van der Waals surface area (Å²) >= 11 is 0. The molecule has 0 bridgehead atoms. The van der Waals surface area contributed by atoms with Crippen molar-refractivity contribution in [1.29, 1.82) is 0 Å². The Morgan fingerprint density at radius 1 is 1.24 bits per heavy atom. The molecule has 2 aromatic heterocycles. The van der Waals surface area contributed by atoms with Crippen LogP contribution in [0, 0.1) is 13.8 Å². The molecule has 0 aliphatic carbocycles. The number of hydrogen-bond donors (Lipinski definition) is 1. The fourth-order valence-electron chi connectivity index (χ4n) is 1.80. The Morgan fingerprint density at radius 3 is 2.71 bits per heavy atom. The number of aryl methyl sites for hydroxylation is 1. The molecule has 0 aromatic carbocycles. The van der Waals surface area contributed by atoms with Crippen LogP contribution in [0.5, 0.6) is 0 Å². The summed E-state index contributed by atoms with van der Waals surface area (Å²) in [6.07, 6.45) is 4.44. The molecule has 88 valence electrons. The van der Waals surface area contributed by atoms with Gasteiger partial charge in [0.25, 0.3) is 0 Å². The molecule has 0 atom stereocenters. The van der Waals surface area contributed by atoms with Crippen LogP contribution < -0.4 is 5.32 Å². The molecule has 1 N–H and O–H groups in total. The van der Waals surface area contributed by atoms with Crippen molar-refractivity contribution in [3.63, 3.8) is 0 Å². The molecule has 0 aliphatic heterocycles. The molecule has 0 amide bonds. The standard InChI is InChI=1S/C13H16N4/c1-9-12(7-11-5-4-6-15-8-11)16-10(2)17-13(9)14-3/h4-6,8H,7H2,1-3H3,(H,14,16,17). The first-order valence-corrected chi connectivity index (χ1v) is 5.61. The fourth-order valence-corrected chi connectivity index (χ4v) is 1.80. The SMILES string of the molecule is CNc1nc(C)nc(Cc2cccnc2)c1C. The van der Waals surface area contributed by atoms with Crippen LogP contribution in [0.15, 0.2) is 24.5 Å². The van der Waals surface area contributed by atoms with Crippen molar-refractivity contribution in [3.8, 4) is 0 Å². The number of anilines is 1. The molecule has 2 heterocycles. The highest BCUT2D eigenvalue weighted by atomic mass is 15.0. The zero-order valence-electron chi connectivity index (χ0n) is 10.4. The average Bonchev–Trinajstić information content (AvgIpc) is 2.34. The molecule has 0 fully saturated rings. The van der Waals surface area contributed by atoms with Gasteiger partial charge in [-0.15, -0.1) is 0 Å². The molecule has 0 aliphatic rings. The minimum atomic E-state index is 0.789. The van der Waals surface area contributed by atoms with Crippen LogP contribution in [-0.2, 0) is 6.42 Å². The van der Waals surface area contributed by atoms with Crippen LogP contribution in [0.1, 0.15) is 22.6 Å². The van der Waals surface area contributed by atoms with Crippen molar-refractivity contribution in [3.05, 3.63) is 47.2 Å². The van der Waals surface area contributed by atoms with Crippen LogP contribution in [0.4, 0.5) is 5.82 Å². The molecular weight excluding hydrogens is 212 g/mol. The third-order valence-corrected chi connectivity index (χ3v) is 2.69. The van der Waals surface area contributed by atoms with Gasteiger partial charge in [-0.25, -0.2) is 9.97 Å². The highest BCUT2D eigenvalue weighted by Gasteiger charge is 2.08.